The molecule has 5 heteroatoms. The van der Waals surface area contributed by atoms with Gasteiger partial charge in [-0.15, -0.1) is 0 Å². The molecule has 0 radical (unpaired) electrons. The van der Waals surface area contributed by atoms with E-state index < -0.39 is 17.6 Å². The molecule has 0 saturated carbocycles. The van der Waals surface area contributed by atoms with Crippen LogP contribution in [0.15, 0.2) is 18.2 Å². The van der Waals surface area contributed by atoms with Gasteiger partial charge in [0.15, 0.2) is 0 Å². The summed E-state index contributed by atoms with van der Waals surface area (Å²) in [6, 6.07) is 2.60. The Labute approximate surface area is 91.3 Å². The minimum Gasteiger partial charge on any atom is -0.330 e. The van der Waals surface area contributed by atoms with Crippen molar-refractivity contribution in [1.82, 2.24) is 0 Å². The molecule has 1 atom stereocenters. The molecular formula is C11H13F4N. The summed E-state index contributed by atoms with van der Waals surface area (Å²) in [5.74, 6) is -0.997. The molecular weight excluding hydrogens is 222 g/mol. The Morgan fingerprint density at radius 1 is 1.31 bits per heavy atom. The number of alkyl halides is 3. The highest BCUT2D eigenvalue weighted by Gasteiger charge is 2.31. The Kier molecular flexibility index (Phi) is 3.91. The highest BCUT2D eigenvalue weighted by atomic mass is 19.4. The van der Waals surface area contributed by atoms with Crippen LogP contribution in [0.2, 0.25) is 0 Å². The smallest absolute Gasteiger partial charge is 0.330 e. The summed E-state index contributed by atoms with van der Waals surface area (Å²) in [5, 5.41) is 0. The molecule has 1 nitrogen and oxygen atoms in total. The van der Waals surface area contributed by atoms with E-state index in [0.717, 1.165) is 6.07 Å². The molecule has 2 N–H and O–H groups in total. The number of benzene rings is 1. The van der Waals surface area contributed by atoms with Crippen molar-refractivity contribution in [2.75, 3.05) is 6.54 Å². The molecule has 0 spiro atoms. The fraction of sp³-hybridized carbons (Fsp3) is 0.455. The van der Waals surface area contributed by atoms with Gasteiger partial charge in [-0.1, -0.05) is 13.0 Å². The Bertz CT molecular complexity index is 359. The number of hydrogen-bond donors (Lipinski definition) is 1. The summed E-state index contributed by atoms with van der Waals surface area (Å²) < 4.78 is 50.2. The van der Waals surface area contributed by atoms with E-state index in [2.05, 4.69) is 0 Å². The molecule has 90 valence electrons. The van der Waals surface area contributed by atoms with E-state index in [1.807, 2.05) is 0 Å². The van der Waals surface area contributed by atoms with Crippen LogP contribution < -0.4 is 5.73 Å². The summed E-state index contributed by atoms with van der Waals surface area (Å²) in [7, 11) is 0. The van der Waals surface area contributed by atoms with Crippen molar-refractivity contribution in [1.29, 1.82) is 0 Å². The maximum absolute atomic E-state index is 13.4. The average molecular weight is 235 g/mol. The van der Waals surface area contributed by atoms with Gasteiger partial charge in [0.1, 0.15) is 5.82 Å². The second-order valence-corrected chi connectivity index (χ2v) is 3.71. The molecule has 0 aliphatic carbocycles. The van der Waals surface area contributed by atoms with E-state index in [0.29, 0.717) is 19.0 Å². The van der Waals surface area contributed by atoms with Crippen molar-refractivity contribution in [2.45, 2.75) is 25.4 Å². The first-order valence-corrected chi connectivity index (χ1v) is 4.93. The molecule has 0 bridgehead atoms. The number of nitrogens with two attached hydrogens (primary N) is 1. The first-order chi connectivity index (χ1) is 7.36. The third kappa shape index (κ3) is 2.95. The molecule has 16 heavy (non-hydrogen) atoms. The highest BCUT2D eigenvalue weighted by molar-refractivity contribution is 5.28. The van der Waals surface area contributed by atoms with E-state index in [1.54, 1.807) is 6.92 Å². The topological polar surface area (TPSA) is 26.0 Å². The van der Waals surface area contributed by atoms with Gasteiger partial charge >= 0.3 is 6.18 Å². The lowest BCUT2D eigenvalue weighted by molar-refractivity contribution is -0.137. The number of halogens is 4. The van der Waals surface area contributed by atoms with Crippen molar-refractivity contribution in [3.63, 3.8) is 0 Å². The average Bonchev–Trinajstić information content (AvgIpc) is 2.16. The van der Waals surface area contributed by atoms with E-state index in [9.17, 15) is 17.6 Å². The van der Waals surface area contributed by atoms with Crippen LogP contribution in [0, 0.1) is 5.82 Å². The first-order valence-electron chi connectivity index (χ1n) is 4.93. The van der Waals surface area contributed by atoms with Gasteiger partial charge in [-0.05, 0) is 36.6 Å². The summed E-state index contributed by atoms with van der Waals surface area (Å²) in [4.78, 5) is 0. The summed E-state index contributed by atoms with van der Waals surface area (Å²) >= 11 is 0. The van der Waals surface area contributed by atoms with E-state index >= 15 is 0 Å². The zero-order chi connectivity index (χ0) is 12.3. The molecule has 0 aliphatic heterocycles. The van der Waals surface area contributed by atoms with Crippen molar-refractivity contribution in [3.05, 3.63) is 35.1 Å². The summed E-state index contributed by atoms with van der Waals surface area (Å²) in [5.41, 5.74) is 4.63. The molecule has 1 aromatic rings. The van der Waals surface area contributed by atoms with Gasteiger partial charge in [-0.25, -0.2) is 4.39 Å². The molecule has 1 unspecified atom stereocenters. The van der Waals surface area contributed by atoms with E-state index in [1.165, 1.54) is 6.07 Å². The van der Waals surface area contributed by atoms with Crippen LogP contribution in [0.4, 0.5) is 17.6 Å². The standard InChI is InChI=1S/C11H13F4N/c1-7(4-5-16)9-3-2-8(6-10(9)12)11(13,14)15/h2-3,6-7H,4-5,16H2,1H3. The fourth-order valence-electron chi connectivity index (χ4n) is 1.51. The highest BCUT2D eigenvalue weighted by Crippen LogP contribution is 2.32. The predicted molar refractivity (Wildman–Crippen MR) is 53.5 cm³/mol. The molecule has 0 aromatic heterocycles. The maximum Gasteiger partial charge on any atom is 0.416 e. The van der Waals surface area contributed by atoms with Gasteiger partial charge in [-0.2, -0.15) is 13.2 Å². The Hall–Kier alpha value is -1.10. The van der Waals surface area contributed by atoms with Gasteiger partial charge in [0, 0.05) is 0 Å². The lowest BCUT2D eigenvalue weighted by Crippen LogP contribution is -2.09. The molecule has 1 rings (SSSR count). The quantitative estimate of drug-likeness (QED) is 0.799. The minimum atomic E-state index is -4.50. The lowest BCUT2D eigenvalue weighted by atomic mass is 9.96. The van der Waals surface area contributed by atoms with Gasteiger partial charge in [-0.3, -0.25) is 0 Å². The Morgan fingerprint density at radius 2 is 1.94 bits per heavy atom. The molecule has 0 amide bonds. The van der Waals surface area contributed by atoms with Crippen LogP contribution in [0.3, 0.4) is 0 Å². The number of hydrogen-bond acceptors (Lipinski definition) is 1. The third-order valence-corrected chi connectivity index (χ3v) is 2.46. The third-order valence-electron chi connectivity index (χ3n) is 2.46. The molecule has 1 aromatic carbocycles. The van der Waals surface area contributed by atoms with Gasteiger partial charge in [0.25, 0.3) is 0 Å². The minimum absolute atomic E-state index is 0.174. The zero-order valence-electron chi connectivity index (χ0n) is 8.81. The van der Waals surface area contributed by atoms with Crippen LogP contribution in [0.25, 0.3) is 0 Å². The van der Waals surface area contributed by atoms with Gasteiger partial charge < -0.3 is 5.73 Å². The summed E-state index contributed by atoms with van der Waals surface area (Å²) in [6.07, 6.45) is -3.96. The monoisotopic (exact) mass is 235 g/mol. The normalized spacial score (nSPS) is 13.9. The molecule has 0 heterocycles. The van der Waals surface area contributed by atoms with Crippen molar-refractivity contribution in [2.24, 2.45) is 5.73 Å². The lowest BCUT2D eigenvalue weighted by Gasteiger charge is -2.13. The zero-order valence-corrected chi connectivity index (χ0v) is 8.81. The van der Waals surface area contributed by atoms with Crippen LogP contribution in [-0.4, -0.2) is 6.54 Å². The molecule has 0 fully saturated rings. The fourth-order valence-corrected chi connectivity index (χ4v) is 1.51. The largest absolute Gasteiger partial charge is 0.416 e. The van der Waals surface area contributed by atoms with Crippen LogP contribution in [0.5, 0.6) is 0 Å². The SMILES string of the molecule is CC(CCN)c1ccc(C(F)(F)F)cc1F. The van der Waals surface area contributed by atoms with Gasteiger partial charge in [0.2, 0.25) is 0 Å². The number of rotatable bonds is 3. The molecule has 0 aliphatic rings. The van der Waals surface area contributed by atoms with E-state index in [4.69, 9.17) is 5.73 Å². The van der Waals surface area contributed by atoms with Crippen molar-refractivity contribution < 1.29 is 17.6 Å². The van der Waals surface area contributed by atoms with Gasteiger partial charge in [0.05, 0.1) is 5.56 Å². The second kappa shape index (κ2) is 4.82. The predicted octanol–water partition coefficient (Wildman–Crippen LogP) is 3.30. The van der Waals surface area contributed by atoms with Crippen molar-refractivity contribution >= 4 is 0 Å². The van der Waals surface area contributed by atoms with Crippen LogP contribution in [-0.2, 0) is 6.18 Å². The first kappa shape index (κ1) is 13.0. The van der Waals surface area contributed by atoms with Crippen LogP contribution >= 0.6 is 0 Å². The van der Waals surface area contributed by atoms with Crippen LogP contribution in [0.1, 0.15) is 30.4 Å². The van der Waals surface area contributed by atoms with Crippen molar-refractivity contribution in [3.8, 4) is 0 Å². The molecule has 0 saturated heterocycles. The second-order valence-electron chi connectivity index (χ2n) is 3.71. The Morgan fingerprint density at radius 3 is 2.38 bits per heavy atom. The van der Waals surface area contributed by atoms with E-state index in [-0.39, 0.29) is 11.5 Å². The summed E-state index contributed by atoms with van der Waals surface area (Å²) in [6.45, 7) is 2.11. The maximum atomic E-state index is 13.4. The Balaban J connectivity index is 3.00.